The first kappa shape index (κ1) is 16.4. The number of rotatable bonds is 5. The Morgan fingerprint density at radius 3 is 2.79 bits per heavy atom. The number of benzene rings is 1. The van der Waals surface area contributed by atoms with Gasteiger partial charge in [-0.25, -0.2) is 4.98 Å². The van der Waals surface area contributed by atoms with E-state index in [2.05, 4.69) is 10.3 Å². The standard InChI is InChI=1S/C18H19N3O2S/c1-13-20-15(12-24-13)11-19-17(22)9-6-14-4-7-16(8-5-14)21-10-2-3-18(21)23/h4-9,12H,2-3,10-11H2,1H3,(H,19,22)/b9-6+. The highest BCUT2D eigenvalue weighted by atomic mass is 32.1. The Morgan fingerprint density at radius 2 is 2.17 bits per heavy atom. The second-order valence-corrected chi connectivity index (χ2v) is 6.71. The molecule has 1 aliphatic rings. The number of carbonyl (C=O) groups is 2. The van der Waals surface area contributed by atoms with Gasteiger partial charge in [-0.3, -0.25) is 9.59 Å². The molecule has 3 rings (SSSR count). The van der Waals surface area contributed by atoms with E-state index in [0.717, 1.165) is 34.9 Å². The lowest BCUT2D eigenvalue weighted by Gasteiger charge is -2.15. The zero-order chi connectivity index (χ0) is 16.9. The minimum Gasteiger partial charge on any atom is -0.347 e. The first-order valence-electron chi connectivity index (χ1n) is 7.89. The molecule has 124 valence electrons. The van der Waals surface area contributed by atoms with Crippen LogP contribution in [0.15, 0.2) is 35.7 Å². The second-order valence-electron chi connectivity index (χ2n) is 5.65. The predicted octanol–water partition coefficient (Wildman–Crippen LogP) is 2.91. The summed E-state index contributed by atoms with van der Waals surface area (Å²) in [4.78, 5) is 29.7. The van der Waals surface area contributed by atoms with Crippen LogP contribution in [0.4, 0.5) is 5.69 Å². The van der Waals surface area contributed by atoms with Gasteiger partial charge >= 0.3 is 0 Å². The van der Waals surface area contributed by atoms with Crippen molar-refractivity contribution in [3.63, 3.8) is 0 Å². The Kier molecular flexibility index (Phi) is 5.05. The molecule has 1 aromatic heterocycles. The molecule has 1 fully saturated rings. The quantitative estimate of drug-likeness (QED) is 0.851. The minimum absolute atomic E-state index is 0.153. The topological polar surface area (TPSA) is 62.3 Å². The van der Waals surface area contributed by atoms with Crippen LogP contribution in [0.3, 0.4) is 0 Å². The Bertz CT molecular complexity index is 765. The first-order chi connectivity index (χ1) is 11.6. The number of carbonyl (C=O) groups excluding carboxylic acids is 2. The van der Waals surface area contributed by atoms with E-state index in [0.29, 0.717) is 13.0 Å². The van der Waals surface area contributed by atoms with Crippen LogP contribution in [0.5, 0.6) is 0 Å². The van der Waals surface area contributed by atoms with Crippen molar-refractivity contribution in [1.82, 2.24) is 10.3 Å². The summed E-state index contributed by atoms with van der Waals surface area (Å²) in [5, 5.41) is 5.74. The van der Waals surface area contributed by atoms with Crippen molar-refractivity contribution in [2.75, 3.05) is 11.4 Å². The molecule has 1 saturated heterocycles. The molecule has 1 aromatic carbocycles. The van der Waals surface area contributed by atoms with E-state index < -0.39 is 0 Å². The molecule has 2 amide bonds. The number of thiazole rings is 1. The third-order valence-electron chi connectivity index (χ3n) is 3.82. The number of nitrogens with zero attached hydrogens (tertiary/aromatic N) is 2. The smallest absolute Gasteiger partial charge is 0.244 e. The number of aryl methyl sites for hydroxylation is 1. The van der Waals surface area contributed by atoms with Crippen molar-refractivity contribution < 1.29 is 9.59 Å². The summed E-state index contributed by atoms with van der Waals surface area (Å²) in [5.41, 5.74) is 2.71. The molecule has 0 unspecified atom stereocenters. The molecule has 2 aromatic rings. The molecule has 6 heteroatoms. The van der Waals surface area contributed by atoms with Crippen molar-refractivity contribution in [3.8, 4) is 0 Å². The van der Waals surface area contributed by atoms with Crippen LogP contribution in [0.1, 0.15) is 29.1 Å². The summed E-state index contributed by atoms with van der Waals surface area (Å²) >= 11 is 1.57. The summed E-state index contributed by atoms with van der Waals surface area (Å²) in [6.07, 6.45) is 4.81. The van der Waals surface area contributed by atoms with E-state index in [4.69, 9.17) is 0 Å². The van der Waals surface area contributed by atoms with E-state index in [9.17, 15) is 9.59 Å². The molecule has 1 aliphatic heterocycles. The Balaban J connectivity index is 1.54. The van der Waals surface area contributed by atoms with Crippen molar-refractivity contribution in [2.24, 2.45) is 0 Å². The highest BCUT2D eigenvalue weighted by molar-refractivity contribution is 7.09. The zero-order valence-electron chi connectivity index (χ0n) is 13.5. The highest BCUT2D eigenvalue weighted by Crippen LogP contribution is 2.21. The predicted molar refractivity (Wildman–Crippen MR) is 95.8 cm³/mol. The van der Waals surface area contributed by atoms with Gasteiger partial charge in [-0.1, -0.05) is 12.1 Å². The van der Waals surface area contributed by atoms with Gasteiger partial charge in [0.15, 0.2) is 0 Å². The summed E-state index contributed by atoms with van der Waals surface area (Å²) in [5.74, 6) is 0.0226. The van der Waals surface area contributed by atoms with Crippen LogP contribution in [0.25, 0.3) is 6.08 Å². The van der Waals surface area contributed by atoms with Gasteiger partial charge in [-0.2, -0.15) is 0 Å². The average molecular weight is 341 g/mol. The Hall–Kier alpha value is -2.47. The largest absolute Gasteiger partial charge is 0.347 e. The lowest BCUT2D eigenvalue weighted by Crippen LogP contribution is -2.23. The van der Waals surface area contributed by atoms with Crippen LogP contribution in [0.2, 0.25) is 0 Å². The fourth-order valence-electron chi connectivity index (χ4n) is 2.58. The first-order valence-corrected chi connectivity index (χ1v) is 8.77. The number of hydrogen-bond donors (Lipinski definition) is 1. The third kappa shape index (κ3) is 4.08. The monoisotopic (exact) mass is 341 g/mol. The van der Waals surface area contributed by atoms with Gasteiger partial charge in [0.2, 0.25) is 11.8 Å². The van der Waals surface area contributed by atoms with Crippen LogP contribution >= 0.6 is 11.3 Å². The maximum Gasteiger partial charge on any atom is 0.244 e. The highest BCUT2D eigenvalue weighted by Gasteiger charge is 2.21. The van der Waals surface area contributed by atoms with Gasteiger partial charge in [-0.05, 0) is 37.1 Å². The summed E-state index contributed by atoms with van der Waals surface area (Å²) in [7, 11) is 0. The lowest BCUT2D eigenvalue weighted by atomic mass is 10.2. The Labute approximate surface area is 145 Å². The number of anilines is 1. The molecule has 2 heterocycles. The van der Waals surface area contributed by atoms with Gasteiger partial charge < -0.3 is 10.2 Å². The molecule has 0 radical (unpaired) electrons. The normalized spacial score (nSPS) is 14.5. The maximum absolute atomic E-state index is 11.8. The maximum atomic E-state index is 11.8. The lowest BCUT2D eigenvalue weighted by molar-refractivity contribution is -0.117. The molecule has 5 nitrogen and oxygen atoms in total. The van der Waals surface area contributed by atoms with E-state index in [1.807, 2.05) is 36.6 Å². The van der Waals surface area contributed by atoms with Crippen molar-refractivity contribution in [1.29, 1.82) is 0 Å². The zero-order valence-corrected chi connectivity index (χ0v) is 14.3. The van der Waals surface area contributed by atoms with Crippen LogP contribution in [-0.2, 0) is 16.1 Å². The second kappa shape index (κ2) is 7.40. The fraction of sp³-hybridized carbons (Fsp3) is 0.278. The fourth-order valence-corrected chi connectivity index (χ4v) is 3.20. The molecule has 0 atom stereocenters. The third-order valence-corrected chi connectivity index (χ3v) is 4.64. The van der Waals surface area contributed by atoms with Crippen LogP contribution in [-0.4, -0.2) is 23.3 Å². The number of hydrogen-bond acceptors (Lipinski definition) is 4. The van der Waals surface area contributed by atoms with Gasteiger partial charge in [0, 0.05) is 30.1 Å². The summed E-state index contributed by atoms with van der Waals surface area (Å²) in [6.45, 7) is 3.16. The van der Waals surface area contributed by atoms with E-state index in [1.54, 1.807) is 22.3 Å². The molecular formula is C18H19N3O2S. The van der Waals surface area contributed by atoms with Crippen LogP contribution in [0, 0.1) is 6.92 Å². The Morgan fingerprint density at radius 1 is 1.38 bits per heavy atom. The molecule has 0 aliphatic carbocycles. The van der Waals surface area contributed by atoms with Gasteiger partial charge in [0.25, 0.3) is 0 Å². The average Bonchev–Trinajstić information content (AvgIpc) is 3.20. The van der Waals surface area contributed by atoms with Crippen LogP contribution < -0.4 is 10.2 Å². The van der Waals surface area contributed by atoms with Gasteiger partial charge in [-0.15, -0.1) is 11.3 Å². The van der Waals surface area contributed by atoms with Gasteiger partial charge in [0.05, 0.1) is 17.2 Å². The SMILES string of the molecule is Cc1nc(CNC(=O)/C=C/c2ccc(N3CCCC3=O)cc2)cs1. The number of amides is 2. The van der Waals surface area contributed by atoms with Crippen molar-refractivity contribution in [3.05, 3.63) is 52.0 Å². The summed E-state index contributed by atoms with van der Waals surface area (Å²) in [6, 6.07) is 7.65. The number of aromatic nitrogens is 1. The minimum atomic E-state index is -0.153. The summed E-state index contributed by atoms with van der Waals surface area (Å²) < 4.78 is 0. The van der Waals surface area contributed by atoms with Crippen molar-refractivity contribution in [2.45, 2.75) is 26.3 Å². The molecule has 0 spiro atoms. The molecule has 0 bridgehead atoms. The molecular weight excluding hydrogens is 322 g/mol. The van der Waals surface area contributed by atoms with E-state index in [1.165, 1.54) is 6.08 Å². The molecule has 0 saturated carbocycles. The molecule has 1 N–H and O–H groups in total. The van der Waals surface area contributed by atoms with Gasteiger partial charge in [0.1, 0.15) is 0 Å². The van der Waals surface area contributed by atoms with E-state index in [-0.39, 0.29) is 11.8 Å². The number of nitrogens with one attached hydrogen (secondary N) is 1. The molecule has 24 heavy (non-hydrogen) atoms. The van der Waals surface area contributed by atoms with Crippen molar-refractivity contribution >= 4 is 34.9 Å². The van der Waals surface area contributed by atoms with E-state index >= 15 is 0 Å².